The van der Waals surface area contributed by atoms with Crippen LogP contribution >= 0.6 is 0 Å². The Bertz CT molecular complexity index is 1770. The van der Waals surface area contributed by atoms with Crippen molar-refractivity contribution in [2.45, 2.75) is 59.9 Å². The van der Waals surface area contributed by atoms with Gasteiger partial charge in [-0.15, -0.1) is 0 Å². The van der Waals surface area contributed by atoms with Crippen molar-refractivity contribution < 1.29 is 18.7 Å². The minimum atomic E-state index is -1.17. The van der Waals surface area contributed by atoms with Gasteiger partial charge in [0.2, 0.25) is 11.8 Å². The SMILES string of the molecule is COCc1ncccc1CN(CCn1ccc2oc(C)cc2c1=O)Cc1ccc2c(c1)NC(=O)C(C)(C)C(=O)N2CC1CC1. The zero-order valence-electron chi connectivity index (χ0n) is 25.8. The number of ether oxygens (including phenoxy) is 1. The van der Waals surface area contributed by atoms with Crippen LogP contribution in [0.4, 0.5) is 11.4 Å². The summed E-state index contributed by atoms with van der Waals surface area (Å²) in [6, 6.07) is 13.5. The first-order valence-electron chi connectivity index (χ1n) is 15.1. The van der Waals surface area contributed by atoms with Gasteiger partial charge in [0.25, 0.3) is 5.56 Å². The monoisotopic (exact) mass is 597 g/mol. The highest BCUT2D eigenvalue weighted by molar-refractivity contribution is 6.19. The zero-order chi connectivity index (χ0) is 31.0. The first-order valence-corrected chi connectivity index (χ1v) is 15.1. The van der Waals surface area contributed by atoms with Gasteiger partial charge in [0.05, 0.1) is 29.1 Å². The van der Waals surface area contributed by atoms with Crippen LogP contribution in [0.25, 0.3) is 11.0 Å². The van der Waals surface area contributed by atoms with E-state index in [-0.39, 0.29) is 17.4 Å². The number of hydrogen-bond acceptors (Lipinski definition) is 7. The second-order valence-corrected chi connectivity index (χ2v) is 12.5. The number of carbonyl (C=O) groups excluding carboxylic acids is 2. The smallest absolute Gasteiger partial charge is 0.261 e. The van der Waals surface area contributed by atoms with Gasteiger partial charge in [-0.3, -0.25) is 24.3 Å². The lowest BCUT2D eigenvalue weighted by molar-refractivity contribution is -0.136. The van der Waals surface area contributed by atoms with Crippen LogP contribution in [0.15, 0.2) is 64.1 Å². The molecule has 0 radical (unpaired) electrons. The number of fused-ring (bicyclic) bond motifs is 2. The fraction of sp³-hybridized carbons (Fsp3) is 0.412. The van der Waals surface area contributed by atoms with Gasteiger partial charge in [-0.2, -0.15) is 0 Å². The molecule has 2 amide bonds. The number of benzene rings is 1. The van der Waals surface area contributed by atoms with E-state index in [0.717, 1.165) is 35.3 Å². The Balaban J connectivity index is 1.30. The normalized spacial score (nSPS) is 16.3. The van der Waals surface area contributed by atoms with Crippen LogP contribution in [0.2, 0.25) is 0 Å². The van der Waals surface area contributed by atoms with Gasteiger partial charge in [-0.25, -0.2) is 0 Å². The summed E-state index contributed by atoms with van der Waals surface area (Å²) in [6.07, 6.45) is 5.74. The van der Waals surface area contributed by atoms with E-state index >= 15 is 0 Å². The fourth-order valence-corrected chi connectivity index (χ4v) is 5.80. The average molecular weight is 598 g/mol. The Hall–Kier alpha value is -4.28. The van der Waals surface area contributed by atoms with E-state index < -0.39 is 5.41 Å². The Labute approximate surface area is 256 Å². The van der Waals surface area contributed by atoms with Crippen LogP contribution in [0.3, 0.4) is 0 Å². The highest BCUT2D eigenvalue weighted by atomic mass is 16.5. The maximum Gasteiger partial charge on any atom is 0.261 e. The molecule has 4 aromatic rings. The van der Waals surface area contributed by atoms with E-state index in [2.05, 4.69) is 15.2 Å². The third-order valence-corrected chi connectivity index (χ3v) is 8.59. The van der Waals surface area contributed by atoms with Gasteiger partial charge in [0.15, 0.2) is 0 Å². The number of nitrogens with zero attached hydrogens (tertiary/aromatic N) is 4. The molecular formula is C34H39N5O5. The van der Waals surface area contributed by atoms with Crippen molar-refractivity contribution in [3.05, 3.63) is 87.8 Å². The van der Waals surface area contributed by atoms with Crippen LogP contribution in [0.5, 0.6) is 0 Å². The molecular weight excluding hydrogens is 558 g/mol. The standard InChI is InChI=1S/C34H39N5O5/c1-22-16-26-30(44-22)11-13-38(31(26)40)15-14-37(20-25-6-5-12-35-28(25)21-43-4)18-24-9-10-29-27(17-24)36-32(41)34(2,3)33(42)39(29)19-23-7-8-23/h5-6,9-13,16-17,23H,7-8,14-15,18-21H2,1-4H3,(H,36,41). The minimum Gasteiger partial charge on any atom is -0.461 e. The largest absolute Gasteiger partial charge is 0.461 e. The number of amides is 2. The predicted molar refractivity (Wildman–Crippen MR) is 168 cm³/mol. The number of nitrogens with one attached hydrogen (secondary N) is 1. The highest BCUT2D eigenvalue weighted by Crippen LogP contribution is 2.39. The molecule has 1 fully saturated rings. The fourth-order valence-electron chi connectivity index (χ4n) is 5.80. The van der Waals surface area contributed by atoms with Crippen molar-refractivity contribution in [1.82, 2.24) is 14.5 Å². The van der Waals surface area contributed by atoms with Gasteiger partial charge in [-0.05, 0) is 81.0 Å². The summed E-state index contributed by atoms with van der Waals surface area (Å²) in [6.45, 7) is 8.40. The third kappa shape index (κ3) is 6.05. The molecule has 1 saturated carbocycles. The summed E-state index contributed by atoms with van der Waals surface area (Å²) in [7, 11) is 1.65. The number of furan rings is 1. The van der Waals surface area contributed by atoms with Gasteiger partial charge in [0.1, 0.15) is 16.8 Å². The first kappa shape index (κ1) is 29.8. The van der Waals surface area contributed by atoms with E-state index in [4.69, 9.17) is 9.15 Å². The van der Waals surface area contributed by atoms with Crippen molar-refractivity contribution in [2.24, 2.45) is 11.3 Å². The average Bonchev–Trinajstić information content (AvgIpc) is 3.75. The number of methoxy groups -OCH3 is 1. The molecule has 10 nitrogen and oxygen atoms in total. The zero-order valence-corrected chi connectivity index (χ0v) is 25.8. The Morgan fingerprint density at radius 2 is 1.93 bits per heavy atom. The lowest BCUT2D eigenvalue weighted by Gasteiger charge is -2.28. The number of rotatable bonds is 11. The van der Waals surface area contributed by atoms with Crippen LogP contribution in [0, 0.1) is 18.3 Å². The number of aryl methyl sites for hydroxylation is 1. The van der Waals surface area contributed by atoms with Crippen molar-refractivity contribution in [1.29, 1.82) is 0 Å². The van der Waals surface area contributed by atoms with Crippen LogP contribution in [-0.4, -0.2) is 46.5 Å². The van der Waals surface area contributed by atoms with Crippen LogP contribution in [-0.2, 0) is 40.6 Å². The topological polar surface area (TPSA) is 110 Å². The third-order valence-electron chi connectivity index (χ3n) is 8.59. The molecule has 6 rings (SSSR count). The molecule has 0 atom stereocenters. The molecule has 10 heteroatoms. The summed E-state index contributed by atoms with van der Waals surface area (Å²) in [4.78, 5) is 48.5. The molecule has 1 aliphatic heterocycles. The summed E-state index contributed by atoms with van der Waals surface area (Å²) < 4.78 is 12.8. The maximum absolute atomic E-state index is 13.5. The first-order chi connectivity index (χ1) is 21.1. The minimum absolute atomic E-state index is 0.0865. The Kier molecular flexibility index (Phi) is 8.13. The molecule has 0 spiro atoms. The second-order valence-electron chi connectivity index (χ2n) is 12.5. The quantitative estimate of drug-likeness (QED) is 0.246. The summed E-state index contributed by atoms with van der Waals surface area (Å²) in [5, 5.41) is 3.61. The van der Waals surface area contributed by atoms with E-state index in [1.54, 1.807) is 48.9 Å². The number of hydrogen-bond donors (Lipinski definition) is 1. The Morgan fingerprint density at radius 1 is 1.11 bits per heavy atom. The van der Waals surface area contributed by atoms with E-state index in [1.807, 2.05) is 43.3 Å². The van der Waals surface area contributed by atoms with E-state index in [0.29, 0.717) is 67.7 Å². The van der Waals surface area contributed by atoms with E-state index in [1.165, 1.54) is 0 Å². The molecule has 1 N–H and O–H groups in total. The van der Waals surface area contributed by atoms with Gasteiger partial charge >= 0.3 is 0 Å². The van der Waals surface area contributed by atoms with E-state index in [9.17, 15) is 14.4 Å². The number of aromatic nitrogens is 2. The number of anilines is 2. The Morgan fingerprint density at radius 3 is 2.70 bits per heavy atom. The van der Waals surface area contributed by atoms with Gasteiger partial charge < -0.3 is 23.9 Å². The molecule has 1 aliphatic carbocycles. The van der Waals surface area contributed by atoms with Crippen LogP contribution in [0.1, 0.15) is 49.3 Å². The summed E-state index contributed by atoms with van der Waals surface area (Å²) >= 11 is 0. The molecule has 3 aromatic heterocycles. The molecule has 4 heterocycles. The molecule has 0 bridgehead atoms. The molecule has 2 aliphatic rings. The summed E-state index contributed by atoms with van der Waals surface area (Å²) in [5.74, 6) is 0.697. The van der Waals surface area contributed by atoms with Crippen LogP contribution < -0.4 is 15.8 Å². The van der Waals surface area contributed by atoms with Crippen molar-refractivity contribution >= 4 is 34.2 Å². The highest BCUT2D eigenvalue weighted by Gasteiger charge is 2.44. The molecule has 1 aromatic carbocycles. The summed E-state index contributed by atoms with van der Waals surface area (Å²) in [5.41, 5.74) is 3.59. The predicted octanol–water partition coefficient (Wildman–Crippen LogP) is 4.87. The number of pyridine rings is 2. The maximum atomic E-state index is 13.5. The van der Waals surface area contributed by atoms with Gasteiger partial charge in [0, 0.05) is 52.2 Å². The lowest BCUT2D eigenvalue weighted by Crippen LogP contribution is -2.45. The lowest BCUT2D eigenvalue weighted by atomic mass is 9.90. The van der Waals surface area contributed by atoms with Crippen molar-refractivity contribution in [3.63, 3.8) is 0 Å². The number of carbonyl (C=O) groups is 2. The van der Waals surface area contributed by atoms with Crippen molar-refractivity contribution in [3.8, 4) is 0 Å². The molecule has 44 heavy (non-hydrogen) atoms. The molecule has 230 valence electrons. The van der Waals surface area contributed by atoms with Crippen molar-refractivity contribution in [2.75, 3.05) is 30.4 Å². The molecule has 0 unspecified atom stereocenters. The van der Waals surface area contributed by atoms with Gasteiger partial charge in [-0.1, -0.05) is 12.1 Å². The second kappa shape index (κ2) is 12.0. The molecule has 0 saturated heterocycles.